The molecular formula is C14H17N3O3S2. The molecule has 1 atom stereocenters. The maximum absolute atomic E-state index is 12.1. The highest BCUT2D eigenvalue weighted by Gasteiger charge is 2.16. The van der Waals surface area contributed by atoms with E-state index < -0.39 is 0 Å². The van der Waals surface area contributed by atoms with Crippen molar-refractivity contribution in [2.24, 2.45) is 0 Å². The zero-order chi connectivity index (χ0) is 15.9. The van der Waals surface area contributed by atoms with E-state index in [2.05, 4.69) is 15.5 Å². The molecule has 0 aliphatic heterocycles. The number of rotatable bonds is 7. The Kier molecular flexibility index (Phi) is 6.02. The Morgan fingerprint density at radius 1 is 1.36 bits per heavy atom. The van der Waals surface area contributed by atoms with Crippen molar-refractivity contribution in [1.29, 1.82) is 0 Å². The summed E-state index contributed by atoms with van der Waals surface area (Å²) in [4.78, 5) is 12.1. The fourth-order valence-electron chi connectivity index (χ4n) is 1.74. The number of carbonyl (C=O) groups excluding carboxylic acids is 1. The third kappa shape index (κ3) is 4.35. The number of benzene rings is 1. The number of carbonyl (C=O) groups is 1. The summed E-state index contributed by atoms with van der Waals surface area (Å²) >= 11 is 2.82. The molecule has 8 heteroatoms. The van der Waals surface area contributed by atoms with Crippen LogP contribution in [0.5, 0.6) is 11.5 Å². The molecule has 6 nitrogen and oxygen atoms in total. The van der Waals surface area contributed by atoms with Crippen LogP contribution in [0.4, 0.5) is 0 Å². The number of thioether (sulfide) groups is 1. The van der Waals surface area contributed by atoms with E-state index in [1.54, 1.807) is 19.7 Å². The molecule has 1 aromatic carbocycles. The van der Waals surface area contributed by atoms with Gasteiger partial charge >= 0.3 is 0 Å². The maximum Gasteiger partial charge on any atom is 0.233 e. The van der Waals surface area contributed by atoms with Gasteiger partial charge in [0.25, 0.3) is 0 Å². The lowest BCUT2D eigenvalue weighted by atomic mass is 10.2. The lowest BCUT2D eigenvalue weighted by molar-refractivity contribution is -0.120. The highest BCUT2D eigenvalue weighted by atomic mass is 32.2. The largest absolute Gasteiger partial charge is 0.493 e. The molecule has 1 N–H and O–H groups in total. The van der Waals surface area contributed by atoms with Crippen molar-refractivity contribution in [2.45, 2.75) is 23.1 Å². The standard InChI is InChI=1S/C14H17N3O3S2/c1-9(22-14-17-16-8-21-14)13(18)15-7-10-4-5-11(19-2)12(6-10)20-3/h4-6,8-9H,7H2,1-3H3,(H,15,18)/t9-/m0/s1. The van der Waals surface area contributed by atoms with Gasteiger partial charge in [-0.25, -0.2) is 0 Å². The summed E-state index contributed by atoms with van der Waals surface area (Å²) in [7, 11) is 3.17. The van der Waals surface area contributed by atoms with E-state index in [9.17, 15) is 4.79 Å². The number of aromatic nitrogens is 2. The van der Waals surface area contributed by atoms with Gasteiger partial charge in [-0.1, -0.05) is 29.2 Å². The Bertz CT molecular complexity index is 620. The Morgan fingerprint density at radius 2 is 2.14 bits per heavy atom. The van der Waals surface area contributed by atoms with Gasteiger partial charge in [0.05, 0.1) is 19.5 Å². The van der Waals surface area contributed by atoms with Gasteiger partial charge in [-0.05, 0) is 24.6 Å². The first-order valence-electron chi connectivity index (χ1n) is 6.55. The van der Waals surface area contributed by atoms with Gasteiger partial charge in [0.2, 0.25) is 5.91 Å². The number of ether oxygens (including phenoxy) is 2. The smallest absolute Gasteiger partial charge is 0.233 e. The summed E-state index contributed by atoms with van der Waals surface area (Å²) in [6, 6.07) is 5.56. The van der Waals surface area contributed by atoms with Crippen molar-refractivity contribution in [3.63, 3.8) is 0 Å². The minimum Gasteiger partial charge on any atom is -0.493 e. The topological polar surface area (TPSA) is 73.3 Å². The maximum atomic E-state index is 12.1. The second-order valence-electron chi connectivity index (χ2n) is 4.37. The zero-order valence-corrected chi connectivity index (χ0v) is 14.2. The van der Waals surface area contributed by atoms with E-state index in [4.69, 9.17) is 9.47 Å². The molecule has 1 amide bonds. The third-order valence-corrected chi connectivity index (χ3v) is 4.81. The number of nitrogens with one attached hydrogen (secondary N) is 1. The van der Waals surface area contributed by atoms with Crippen molar-refractivity contribution in [1.82, 2.24) is 15.5 Å². The zero-order valence-electron chi connectivity index (χ0n) is 12.5. The molecule has 0 fully saturated rings. The summed E-state index contributed by atoms with van der Waals surface area (Å²) in [5.74, 6) is 1.26. The third-order valence-electron chi connectivity index (χ3n) is 2.90. The second kappa shape index (κ2) is 8.00. The van der Waals surface area contributed by atoms with Crippen molar-refractivity contribution in [3.8, 4) is 11.5 Å². The first-order valence-corrected chi connectivity index (χ1v) is 8.31. The Hall–Kier alpha value is -1.80. The minimum absolute atomic E-state index is 0.0463. The van der Waals surface area contributed by atoms with Gasteiger partial charge in [0.15, 0.2) is 15.8 Å². The highest BCUT2D eigenvalue weighted by molar-refractivity contribution is 8.02. The molecule has 0 unspecified atom stereocenters. The summed E-state index contributed by atoms with van der Waals surface area (Å²) in [5, 5.41) is 10.3. The van der Waals surface area contributed by atoms with Crippen molar-refractivity contribution in [3.05, 3.63) is 29.3 Å². The van der Waals surface area contributed by atoms with Gasteiger partial charge in [-0.2, -0.15) is 0 Å². The van der Waals surface area contributed by atoms with Crippen LogP contribution in [0.15, 0.2) is 28.0 Å². The van der Waals surface area contributed by atoms with E-state index in [1.165, 1.54) is 23.1 Å². The molecule has 22 heavy (non-hydrogen) atoms. The fraction of sp³-hybridized carbons (Fsp3) is 0.357. The summed E-state index contributed by atoms with van der Waals surface area (Å²) in [6.07, 6.45) is 0. The summed E-state index contributed by atoms with van der Waals surface area (Å²) < 4.78 is 11.2. The Labute approximate surface area is 137 Å². The molecule has 1 aromatic heterocycles. The first kappa shape index (κ1) is 16.6. The molecule has 0 spiro atoms. The van der Waals surface area contributed by atoms with Crippen LogP contribution < -0.4 is 14.8 Å². The lowest BCUT2D eigenvalue weighted by Gasteiger charge is -2.12. The highest BCUT2D eigenvalue weighted by Crippen LogP contribution is 2.28. The molecule has 1 heterocycles. The predicted molar refractivity (Wildman–Crippen MR) is 86.6 cm³/mol. The minimum atomic E-state index is -0.229. The van der Waals surface area contributed by atoms with Crippen LogP contribution in [0, 0.1) is 0 Å². The van der Waals surface area contributed by atoms with Crippen LogP contribution in [-0.4, -0.2) is 35.6 Å². The van der Waals surface area contributed by atoms with E-state index in [0.717, 1.165) is 9.90 Å². The SMILES string of the molecule is COc1ccc(CNC(=O)[C@H](C)Sc2nncs2)cc1OC. The van der Waals surface area contributed by atoms with E-state index in [0.29, 0.717) is 18.0 Å². The molecular weight excluding hydrogens is 322 g/mol. The fourth-order valence-corrected chi connectivity index (χ4v) is 3.39. The van der Waals surface area contributed by atoms with Gasteiger partial charge in [-0.3, -0.25) is 4.79 Å². The normalized spacial score (nSPS) is 11.8. The first-order chi connectivity index (χ1) is 10.6. The molecule has 118 valence electrons. The van der Waals surface area contributed by atoms with Crippen LogP contribution in [-0.2, 0) is 11.3 Å². The van der Waals surface area contributed by atoms with E-state index >= 15 is 0 Å². The van der Waals surface area contributed by atoms with Crippen LogP contribution in [0.3, 0.4) is 0 Å². The second-order valence-corrected chi connectivity index (χ2v) is 6.79. The molecule has 2 rings (SSSR count). The van der Waals surface area contributed by atoms with Gasteiger partial charge in [0, 0.05) is 6.54 Å². The molecule has 0 bridgehead atoms. The van der Waals surface area contributed by atoms with E-state index in [1.807, 2.05) is 25.1 Å². The van der Waals surface area contributed by atoms with Crippen molar-refractivity contribution < 1.29 is 14.3 Å². The molecule has 2 aromatic rings. The van der Waals surface area contributed by atoms with Crippen LogP contribution >= 0.6 is 23.1 Å². The van der Waals surface area contributed by atoms with Crippen LogP contribution in [0.2, 0.25) is 0 Å². The number of nitrogens with zero attached hydrogens (tertiary/aromatic N) is 2. The van der Waals surface area contributed by atoms with E-state index in [-0.39, 0.29) is 11.2 Å². The average molecular weight is 339 g/mol. The van der Waals surface area contributed by atoms with Gasteiger partial charge in [0.1, 0.15) is 5.51 Å². The van der Waals surface area contributed by atoms with Crippen molar-refractivity contribution in [2.75, 3.05) is 14.2 Å². The Balaban J connectivity index is 1.90. The molecule has 0 aliphatic rings. The quantitative estimate of drug-likeness (QED) is 0.781. The molecule has 0 saturated carbocycles. The number of methoxy groups -OCH3 is 2. The molecule has 0 aliphatic carbocycles. The summed E-state index contributed by atoms with van der Waals surface area (Å²) in [6.45, 7) is 2.27. The number of amides is 1. The lowest BCUT2D eigenvalue weighted by Crippen LogP contribution is -2.30. The average Bonchev–Trinajstić information content (AvgIpc) is 3.05. The van der Waals surface area contributed by atoms with Crippen molar-refractivity contribution >= 4 is 29.0 Å². The molecule has 0 saturated heterocycles. The number of hydrogen-bond acceptors (Lipinski definition) is 7. The van der Waals surface area contributed by atoms with Gasteiger partial charge in [-0.15, -0.1) is 10.2 Å². The number of hydrogen-bond donors (Lipinski definition) is 1. The Morgan fingerprint density at radius 3 is 2.77 bits per heavy atom. The monoisotopic (exact) mass is 339 g/mol. The molecule has 0 radical (unpaired) electrons. The van der Waals surface area contributed by atoms with Crippen LogP contribution in [0.1, 0.15) is 12.5 Å². The predicted octanol–water partition coefficient (Wildman–Crippen LogP) is 2.35. The summed E-state index contributed by atoms with van der Waals surface area (Å²) in [5.41, 5.74) is 2.59. The van der Waals surface area contributed by atoms with Gasteiger partial charge < -0.3 is 14.8 Å². The van der Waals surface area contributed by atoms with Crippen LogP contribution in [0.25, 0.3) is 0 Å².